The van der Waals surface area contributed by atoms with Crippen molar-refractivity contribution in [2.24, 2.45) is 17.8 Å². The van der Waals surface area contributed by atoms with E-state index in [-0.39, 0.29) is 12.5 Å². The molecule has 0 aromatic heterocycles. The van der Waals surface area contributed by atoms with E-state index in [2.05, 4.69) is 6.92 Å². The topological polar surface area (TPSA) is 72.8 Å². The van der Waals surface area contributed by atoms with Crippen LogP contribution in [0.2, 0.25) is 0 Å². The normalized spacial score (nSPS) is 39.7. The molecule has 5 nitrogen and oxygen atoms in total. The predicted molar refractivity (Wildman–Crippen MR) is 62.5 cm³/mol. The summed E-state index contributed by atoms with van der Waals surface area (Å²) in [6.07, 6.45) is 1.01. The highest BCUT2D eigenvalue weighted by molar-refractivity contribution is 5.96. The quantitative estimate of drug-likeness (QED) is 0.586. The summed E-state index contributed by atoms with van der Waals surface area (Å²) in [5.41, 5.74) is 0. The minimum absolute atomic E-state index is 0.239. The number of rotatable bonds is 2. The summed E-state index contributed by atoms with van der Waals surface area (Å²) >= 11 is 0. The standard InChI is InChI=1S/C13H20O5/c1-3-17-12(15)10-8-5-4-7(2)6-9(14)11(8)18-13(10)16/h7-11,14H,3-6H2,1-2H3/t7-,8+,9+,10-,11-/m1/s1. The molecule has 0 bridgehead atoms. The second kappa shape index (κ2) is 5.26. The zero-order valence-electron chi connectivity index (χ0n) is 10.8. The zero-order valence-corrected chi connectivity index (χ0v) is 10.8. The van der Waals surface area contributed by atoms with Crippen molar-refractivity contribution in [1.82, 2.24) is 0 Å². The van der Waals surface area contributed by atoms with Crippen molar-refractivity contribution in [1.29, 1.82) is 0 Å². The van der Waals surface area contributed by atoms with Gasteiger partial charge >= 0.3 is 11.9 Å². The van der Waals surface area contributed by atoms with Crippen molar-refractivity contribution in [3.63, 3.8) is 0 Å². The van der Waals surface area contributed by atoms with Gasteiger partial charge in [-0.3, -0.25) is 9.59 Å². The molecule has 5 heteroatoms. The fourth-order valence-corrected chi connectivity index (χ4v) is 3.00. The number of ether oxygens (including phenoxy) is 2. The number of carbonyl (C=O) groups excluding carboxylic acids is 2. The highest BCUT2D eigenvalue weighted by Crippen LogP contribution is 2.40. The molecule has 1 heterocycles. The van der Waals surface area contributed by atoms with Crippen LogP contribution in [0, 0.1) is 17.8 Å². The summed E-state index contributed by atoms with van der Waals surface area (Å²) in [6.45, 7) is 4.02. The Morgan fingerprint density at radius 1 is 1.50 bits per heavy atom. The van der Waals surface area contributed by atoms with E-state index >= 15 is 0 Å². The molecule has 0 spiro atoms. The third-order valence-corrected chi connectivity index (χ3v) is 3.91. The molecule has 5 atom stereocenters. The molecule has 1 saturated heterocycles. The van der Waals surface area contributed by atoms with Gasteiger partial charge in [0.15, 0.2) is 5.92 Å². The van der Waals surface area contributed by atoms with Gasteiger partial charge in [-0.25, -0.2) is 0 Å². The number of carbonyl (C=O) groups is 2. The Labute approximate surface area is 106 Å². The van der Waals surface area contributed by atoms with Gasteiger partial charge in [0.2, 0.25) is 0 Å². The number of aliphatic hydroxyl groups excluding tert-OH is 1. The first-order chi connectivity index (χ1) is 8.54. The molecular weight excluding hydrogens is 236 g/mol. The number of aliphatic hydroxyl groups is 1. The lowest BCUT2D eigenvalue weighted by molar-refractivity contribution is -0.157. The van der Waals surface area contributed by atoms with E-state index in [1.807, 2.05) is 0 Å². The maximum Gasteiger partial charge on any atom is 0.321 e. The molecule has 2 aliphatic rings. The van der Waals surface area contributed by atoms with Crippen molar-refractivity contribution in [2.45, 2.75) is 45.3 Å². The fraction of sp³-hybridized carbons (Fsp3) is 0.846. The lowest BCUT2D eigenvalue weighted by Gasteiger charge is -2.20. The van der Waals surface area contributed by atoms with Crippen molar-refractivity contribution in [3.8, 4) is 0 Å². The first-order valence-electron chi connectivity index (χ1n) is 6.59. The van der Waals surface area contributed by atoms with Gasteiger partial charge in [-0.1, -0.05) is 13.3 Å². The van der Waals surface area contributed by atoms with E-state index in [4.69, 9.17) is 9.47 Å². The third kappa shape index (κ3) is 2.36. The largest absolute Gasteiger partial charge is 0.465 e. The molecule has 0 radical (unpaired) electrons. The van der Waals surface area contributed by atoms with Gasteiger partial charge in [0.1, 0.15) is 6.10 Å². The molecule has 2 fully saturated rings. The van der Waals surface area contributed by atoms with Crippen LogP contribution in [-0.2, 0) is 19.1 Å². The molecule has 1 aliphatic carbocycles. The van der Waals surface area contributed by atoms with Gasteiger partial charge < -0.3 is 14.6 Å². The first kappa shape index (κ1) is 13.3. The van der Waals surface area contributed by atoms with Gasteiger partial charge in [-0.05, 0) is 25.7 Å². The molecule has 1 saturated carbocycles. The fourth-order valence-electron chi connectivity index (χ4n) is 3.00. The van der Waals surface area contributed by atoms with Crippen LogP contribution in [-0.4, -0.2) is 35.9 Å². The second-order valence-corrected chi connectivity index (χ2v) is 5.28. The van der Waals surface area contributed by atoms with E-state index < -0.39 is 30.1 Å². The highest BCUT2D eigenvalue weighted by Gasteiger charge is 2.52. The summed E-state index contributed by atoms with van der Waals surface area (Å²) in [5.74, 6) is -1.77. The average Bonchev–Trinajstić information content (AvgIpc) is 2.57. The van der Waals surface area contributed by atoms with Crippen molar-refractivity contribution in [2.75, 3.05) is 6.61 Å². The van der Waals surface area contributed by atoms with Gasteiger partial charge in [0.25, 0.3) is 0 Å². The molecule has 2 rings (SSSR count). The molecule has 0 amide bonds. The minimum atomic E-state index is -0.852. The van der Waals surface area contributed by atoms with Gasteiger partial charge in [-0.2, -0.15) is 0 Å². The van der Waals surface area contributed by atoms with Crippen LogP contribution in [0.1, 0.15) is 33.1 Å². The van der Waals surface area contributed by atoms with Crippen LogP contribution in [0.4, 0.5) is 0 Å². The smallest absolute Gasteiger partial charge is 0.321 e. The van der Waals surface area contributed by atoms with Crippen LogP contribution >= 0.6 is 0 Å². The number of fused-ring (bicyclic) bond motifs is 1. The Morgan fingerprint density at radius 3 is 2.89 bits per heavy atom. The monoisotopic (exact) mass is 256 g/mol. The predicted octanol–water partition coefficient (Wildman–Crippen LogP) is 0.888. The molecule has 1 N–H and O–H groups in total. The van der Waals surface area contributed by atoms with Crippen LogP contribution in [0.25, 0.3) is 0 Å². The minimum Gasteiger partial charge on any atom is -0.465 e. The van der Waals surface area contributed by atoms with Gasteiger partial charge in [0.05, 0.1) is 12.7 Å². The first-order valence-corrected chi connectivity index (χ1v) is 6.59. The van der Waals surface area contributed by atoms with Crippen LogP contribution < -0.4 is 0 Å². The van der Waals surface area contributed by atoms with E-state index in [0.29, 0.717) is 12.3 Å². The Balaban J connectivity index is 2.17. The Morgan fingerprint density at radius 2 is 2.22 bits per heavy atom. The van der Waals surface area contributed by atoms with Crippen LogP contribution in [0.5, 0.6) is 0 Å². The van der Waals surface area contributed by atoms with E-state index in [1.165, 1.54) is 0 Å². The van der Waals surface area contributed by atoms with Crippen LogP contribution in [0.15, 0.2) is 0 Å². The average molecular weight is 256 g/mol. The summed E-state index contributed by atoms with van der Waals surface area (Å²) in [6, 6.07) is 0. The molecule has 0 unspecified atom stereocenters. The van der Waals surface area contributed by atoms with E-state index in [9.17, 15) is 14.7 Å². The second-order valence-electron chi connectivity index (χ2n) is 5.28. The molecule has 0 aromatic rings. The summed E-state index contributed by atoms with van der Waals surface area (Å²) < 4.78 is 10.1. The lowest BCUT2D eigenvalue weighted by Crippen LogP contribution is -2.33. The summed E-state index contributed by atoms with van der Waals surface area (Å²) in [5, 5.41) is 10.0. The molecular formula is C13H20O5. The third-order valence-electron chi connectivity index (χ3n) is 3.91. The number of hydrogen-bond donors (Lipinski definition) is 1. The SMILES string of the molecule is CCOC(=O)[C@@H]1C(=O)O[C@@H]2[C@H]1CC[C@@H](C)C[C@@H]2O. The maximum absolute atomic E-state index is 11.8. The van der Waals surface area contributed by atoms with E-state index in [0.717, 1.165) is 12.8 Å². The molecule has 1 aliphatic heterocycles. The van der Waals surface area contributed by atoms with Crippen molar-refractivity contribution < 1.29 is 24.2 Å². The summed E-state index contributed by atoms with van der Waals surface area (Å²) in [4.78, 5) is 23.6. The van der Waals surface area contributed by atoms with Gasteiger partial charge in [0, 0.05) is 5.92 Å². The molecule has 0 aromatic carbocycles. The van der Waals surface area contributed by atoms with Crippen LogP contribution in [0.3, 0.4) is 0 Å². The molecule has 18 heavy (non-hydrogen) atoms. The highest BCUT2D eigenvalue weighted by atomic mass is 16.6. The molecule has 102 valence electrons. The summed E-state index contributed by atoms with van der Waals surface area (Å²) in [7, 11) is 0. The number of hydrogen-bond acceptors (Lipinski definition) is 5. The van der Waals surface area contributed by atoms with Crippen molar-refractivity contribution >= 4 is 11.9 Å². The maximum atomic E-state index is 11.8. The lowest BCUT2D eigenvalue weighted by atomic mass is 9.86. The van der Waals surface area contributed by atoms with Crippen molar-refractivity contribution in [3.05, 3.63) is 0 Å². The van der Waals surface area contributed by atoms with E-state index in [1.54, 1.807) is 6.92 Å². The number of esters is 2. The zero-order chi connectivity index (χ0) is 13.3. The Bertz CT molecular complexity index is 340. The van der Waals surface area contributed by atoms with Gasteiger partial charge in [-0.15, -0.1) is 0 Å². The Kier molecular flexibility index (Phi) is 3.90. The Hall–Kier alpha value is -1.10.